The molecule has 0 spiro atoms. The summed E-state index contributed by atoms with van der Waals surface area (Å²) in [5.74, 6) is 0.991. The fourth-order valence-electron chi connectivity index (χ4n) is 1.06. The first-order valence-electron chi connectivity index (χ1n) is 3.35. The van der Waals surface area contributed by atoms with Crippen molar-refractivity contribution in [3.05, 3.63) is 35.9 Å². The summed E-state index contributed by atoms with van der Waals surface area (Å²) in [6, 6.07) is 8.03. The molecule has 2 heteroatoms. The summed E-state index contributed by atoms with van der Waals surface area (Å²) in [4.78, 5) is 0. The maximum Gasteiger partial charge on any atom is 0.126 e. The molecule has 0 aliphatic carbocycles. The highest BCUT2D eigenvalue weighted by atomic mass is 32.1. The van der Waals surface area contributed by atoms with Crippen molar-refractivity contribution in [3.8, 4) is 5.75 Å². The van der Waals surface area contributed by atoms with E-state index in [0.29, 0.717) is 6.61 Å². The van der Waals surface area contributed by atoms with Crippen molar-refractivity contribution >= 4 is 19.6 Å². The molecule has 1 aromatic rings. The average Bonchev–Trinajstić information content (AvgIpc) is 2.05. The standard InChI is InChI=1S/C9H8O.H2S/c1-2-6-9-8(4-1)5-3-7-10-9;/h1-6H,7H2;1H2. The first-order valence-corrected chi connectivity index (χ1v) is 3.35. The SMILES string of the molecule is C1=Cc2ccccc2OC1.S. The molecule has 0 radical (unpaired) electrons. The van der Waals surface area contributed by atoms with E-state index in [1.165, 1.54) is 5.56 Å². The lowest BCUT2D eigenvalue weighted by Gasteiger charge is -2.10. The molecule has 2 rings (SSSR count). The van der Waals surface area contributed by atoms with Crippen molar-refractivity contribution in [2.45, 2.75) is 0 Å². The summed E-state index contributed by atoms with van der Waals surface area (Å²) in [6.45, 7) is 0.705. The molecule has 0 bridgehead atoms. The zero-order chi connectivity index (χ0) is 6.81. The molecule has 0 atom stereocenters. The van der Waals surface area contributed by atoms with Gasteiger partial charge in [-0.05, 0) is 12.1 Å². The highest BCUT2D eigenvalue weighted by molar-refractivity contribution is 7.59. The number of benzene rings is 1. The van der Waals surface area contributed by atoms with Crippen LogP contribution < -0.4 is 4.74 Å². The molecule has 0 N–H and O–H groups in total. The zero-order valence-electron chi connectivity index (χ0n) is 6.08. The molecule has 0 fully saturated rings. The lowest BCUT2D eigenvalue weighted by molar-refractivity contribution is 0.358. The molecule has 0 aromatic heterocycles. The fraction of sp³-hybridized carbons (Fsp3) is 0.111. The Bertz CT molecular complexity index is 268. The van der Waals surface area contributed by atoms with Crippen molar-refractivity contribution in [2.75, 3.05) is 6.61 Å². The van der Waals surface area contributed by atoms with Crippen LogP contribution in [0.4, 0.5) is 0 Å². The van der Waals surface area contributed by atoms with Gasteiger partial charge in [0, 0.05) is 5.56 Å². The lowest BCUT2D eigenvalue weighted by Crippen LogP contribution is -1.98. The van der Waals surface area contributed by atoms with Gasteiger partial charge in [-0.2, -0.15) is 13.5 Å². The van der Waals surface area contributed by atoms with Crippen molar-refractivity contribution < 1.29 is 4.74 Å². The van der Waals surface area contributed by atoms with Crippen LogP contribution in [0.3, 0.4) is 0 Å². The van der Waals surface area contributed by atoms with Gasteiger partial charge < -0.3 is 4.74 Å². The van der Waals surface area contributed by atoms with Crippen molar-refractivity contribution in [1.82, 2.24) is 0 Å². The first kappa shape index (κ1) is 8.21. The number of para-hydroxylation sites is 1. The number of rotatable bonds is 0. The van der Waals surface area contributed by atoms with Gasteiger partial charge in [0.05, 0.1) is 0 Å². The summed E-state index contributed by atoms with van der Waals surface area (Å²) in [7, 11) is 0. The number of hydrogen-bond donors (Lipinski definition) is 0. The Morgan fingerprint density at radius 2 is 2.00 bits per heavy atom. The summed E-state index contributed by atoms with van der Waals surface area (Å²) in [5, 5.41) is 0. The van der Waals surface area contributed by atoms with Crippen LogP contribution in [0.1, 0.15) is 5.56 Å². The van der Waals surface area contributed by atoms with Gasteiger partial charge in [-0.15, -0.1) is 0 Å². The molecule has 1 aliphatic rings. The molecule has 1 nitrogen and oxygen atoms in total. The van der Waals surface area contributed by atoms with Gasteiger partial charge in [0.1, 0.15) is 12.4 Å². The van der Waals surface area contributed by atoms with Crippen LogP contribution in [0.5, 0.6) is 5.75 Å². The van der Waals surface area contributed by atoms with Crippen molar-refractivity contribution in [1.29, 1.82) is 0 Å². The second kappa shape index (κ2) is 3.49. The molecule has 0 amide bonds. The number of ether oxygens (including phenoxy) is 1. The lowest BCUT2D eigenvalue weighted by atomic mass is 10.1. The van der Waals surface area contributed by atoms with E-state index < -0.39 is 0 Å². The Kier molecular flexibility index (Phi) is 2.60. The zero-order valence-corrected chi connectivity index (χ0v) is 7.08. The Balaban J connectivity index is 0.000000605. The van der Waals surface area contributed by atoms with Crippen LogP contribution in [0.25, 0.3) is 6.08 Å². The Labute approximate surface area is 73.1 Å². The average molecular weight is 166 g/mol. The third-order valence-corrected chi connectivity index (χ3v) is 1.55. The second-order valence-electron chi connectivity index (χ2n) is 2.25. The van der Waals surface area contributed by atoms with E-state index in [1.54, 1.807) is 0 Å². The quantitative estimate of drug-likeness (QED) is 0.574. The first-order chi connectivity index (χ1) is 4.97. The molecular weight excluding hydrogens is 156 g/mol. The fourth-order valence-corrected chi connectivity index (χ4v) is 1.06. The predicted octanol–water partition coefficient (Wildman–Crippen LogP) is 2.21. The molecule has 0 unspecified atom stereocenters. The number of fused-ring (bicyclic) bond motifs is 1. The largest absolute Gasteiger partial charge is 0.489 e. The second-order valence-corrected chi connectivity index (χ2v) is 2.25. The third-order valence-electron chi connectivity index (χ3n) is 1.55. The van der Waals surface area contributed by atoms with Crippen molar-refractivity contribution in [2.24, 2.45) is 0 Å². The molecule has 0 saturated heterocycles. The molecule has 0 saturated carbocycles. The monoisotopic (exact) mass is 166 g/mol. The van der Waals surface area contributed by atoms with Gasteiger partial charge in [0.15, 0.2) is 0 Å². The van der Waals surface area contributed by atoms with E-state index in [1.807, 2.05) is 30.3 Å². The van der Waals surface area contributed by atoms with Gasteiger partial charge in [-0.1, -0.05) is 24.3 Å². The van der Waals surface area contributed by atoms with Gasteiger partial charge in [-0.25, -0.2) is 0 Å². The van der Waals surface area contributed by atoms with Crippen LogP contribution in [0, 0.1) is 0 Å². The molecule has 1 aliphatic heterocycles. The summed E-state index contributed by atoms with van der Waals surface area (Å²) < 4.78 is 5.34. The van der Waals surface area contributed by atoms with Gasteiger partial charge >= 0.3 is 0 Å². The molecule has 1 aromatic carbocycles. The highest BCUT2D eigenvalue weighted by Gasteiger charge is 2.01. The highest BCUT2D eigenvalue weighted by Crippen LogP contribution is 2.21. The van der Waals surface area contributed by atoms with Crippen LogP contribution in [-0.2, 0) is 0 Å². The van der Waals surface area contributed by atoms with E-state index >= 15 is 0 Å². The van der Waals surface area contributed by atoms with Crippen LogP contribution in [-0.4, -0.2) is 6.61 Å². The van der Waals surface area contributed by atoms with Gasteiger partial charge in [0.25, 0.3) is 0 Å². The molecular formula is C9H10OS. The van der Waals surface area contributed by atoms with E-state index in [9.17, 15) is 0 Å². The third kappa shape index (κ3) is 1.57. The maximum absolute atomic E-state index is 5.34. The Morgan fingerprint density at radius 3 is 2.82 bits per heavy atom. The van der Waals surface area contributed by atoms with E-state index in [0.717, 1.165) is 5.75 Å². The van der Waals surface area contributed by atoms with E-state index in [-0.39, 0.29) is 13.5 Å². The van der Waals surface area contributed by atoms with Crippen LogP contribution in [0.15, 0.2) is 30.3 Å². The van der Waals surface area contributed by atoms with E-state index in [4.69, 9.17) is 4.74 Å². The topological polar surface area (TPSA) is 9.23 Å². The van der Waals surface area contributed by atoms with Crippen LogP contribution in [0.2, 0.25) is 0 Å². The minimum Gasteiger partial charge on any atom is -0.489 e. The van der Waals surface area contributed by atoms with Gasteiger partial charge in [-0.3, -0.25) is 0 Å². The number of hydrogen-bond acceptors (Lipinski definition) is 1. The maximum atomic E-state index is 5.34. The van der Waals surface area contributed by atoms with Crippen LogP contribution >= 0.6 is 13.5 Å². The molecule has 11 heavy (non-hydrogen) atoms. The van der Waals surface area contributed by atoms with Gasteiger partial charge in [0.2, 0.25) is 0 Å². The smallest absolute Gasteiger partial charge is 0.126 e. The minimum absolute atomic E-state index is 0. The Morgan fingerprint density at radius 1 is 1.18 bits per heavy atom. The predicted molar refractivity (Wildman–Crippen MR) is 51.4 cm³/mol. The normalized spacial score (nSPS) is 12.7. The summed E-state index contributed by atoms with van der Waals surface area (Å²) >= 11 is 0. The van der Waals surface area contributed by atoms with E-state index in [2.05, 4.69) is 6.08 Å². The molecule has 58 valence electrons. The Hall–Kier alpha value is -0.890. The molecule has 1 heterocycles. The van der Waals surface area contributed by atoms with Crippen molar-refractivity contribution in [3.63, 3.8) is 0 Å². The minimum atomic E-state index is 0. The summed E-state index contributed by atoms with van der Waals surface area (Å²) in [5.41, 5.74) is 1.17. The summed E-state index contributed by atoms with van der Waals surface area (Å²) in [6.07, 6.45) is 4.10.